The van der Waals surface area contributed by atoms with E-state index in [1.807, 2.05) is 0 Å². The van der Waals surface area contributed by atoms with Crippen LogP contribution in [0.1, 0.15) is 37.9 Å². The Morgan fingerprint density at radius 3 is 2.59 bits per heavy atom. The van der Waals surface area contributed by atoms with Crippen molar-refractivity contribution in [1.82, 2.24) is 4.57 Å². The standard InChI is InChI=1S/C28H27FN2O5S/c1-6-13-35-21-12-9-19(15-22(21)34-5)25-24(27(33)36-16(2)3)17(4)30-28-31(25)26(32)23(37-28)14-18-7-10-20(29)11-8-18/h6-12,14-16,25H,1,13H2,2-5H3. The van der Waals surface area contributed by atoms with E-state index in [-0.39, 0.29) is 23.1 Å². The monoisotopic (exact) mass is 522 g/mol. The van der Waals surface area contributed by atoms with Crippen molar-refractivity contribution in [3.8, 4) is 11.5 Å². The van der Waals surface area contributed by atoms with Crippen LogP contribution in [0.15, 0.2) is 76.2 Å². The number of thiazole rings is 1. The van der Waals surface area contributed by atoms with Gasteiger partial charge in [0, 0.05) is 0 Å². The van der Waals surface area contributed by atoms with Crippen LogP contribution in [0.5, 0.6) is 11.5 Å². The SMILES string of the molecule is C=CCOc1ccc(C2C(C(=O)OC(C)C)=C(C)N=c3sc(=Cc4ccc(F)cc4)c(=O)n32)cc1OC. The fraction of sp³-hybridized carbons (Fsp3) is 0.250. The van der Waals surface area contributed by atoms with Gasteiger partial charge in [0.2, 0.25) is 0 Å². The molecule has 1 aromatic heterocycles. The van der Waals surface area contributed by atoms with Crippen LogP contribution in [0, 0.1) is 5.82 Å². The second-order valence-corrected chi connectivity index (χ2v) is 9.61. The van der Waals surface area contributed by atoms with Gasteiger partial charge in [-0.15, -0.1) is 0 Å². The molecule has 2 aromatic carbocycles. The van der Waals surface area contributed by atoms with Gasteiger partial charge in [0.05, 0.1) is 35.1 Å². The molecule has 3 aromatic rings. The summed E-state index contributed by atoms with van der Waals surface area (Å²) < 4.78 is 32.0. The topological polar surface area (TPSA) is 79.1 Å². The zero-order valence-corrected chi connectivity index (χ0v) is 21.8. The van der Waals surface area contributed by atoms with Crippen LogP contribution in [-0.4, -0.2) is 30.4 Å². The first kappa shape index (κ1) is 26.1. The number of allylic oxidation sites excluding steroid dienone is 1. The maximum atomic E-state index is 13.7. The number of fused-ring (bicyclic) bond motifs is 1. The summed E-state index contributed by atoms with van der Waals surface area (Å²) in [5.74, 6) is 0.0258. The van der Waals surface area contributed by atoms with E-state index in [2.05, 4.69) is 11.6 Å². The molecule has 1 unspecified atom stereocenters. The van der Waals surface area contributed by atoms with E-state index in [9.17, 15) is 14.0 Å². The van der Waals surface area contributed by atoms with Gasteiger partial charge in [-0.3, -0.25) is 9.36 Å². The summed E-state index contributed by atoms with van der Waals surface area (Å²) in [6.45, 7) is 9.19. The van der Waals surface area contributed by atoms with Crippen LogP contribution in [0.4, 0.5) is 4.39 Å². The molecule has 0 fully saturated rings. The Balaban J connectivity index is 1.93. The quantitative estimate of drug-likeness (QED) is 0.331. The van der Waals surface area contributed by atoms with Gasteiger partial charge in [-0.05, 0) is 62.2 Å². The largest absolute Gasteiger partial charge is 0.493 e. The number of halogens is 1. The highest BCUT2D eigenvalue weighted by atomic mass is 32.1. The maximum absolute atomic E-state index is 13.7. The smallest absolute Gasteiger partial charge is 0.338 e. The Labute approximate surface area is 217 Å². The van der Waals surface area contributed by atoms with Crippen molar-refractivity contribution in [1.29, 1.82) is 0 Å². The molecule has 1 aliphatic rings. The fourth-order valence-electron chi connectivity index (χ4n) is 4.01. The van der Waals surface area contributed by atoms with Gasteiger partial charge >= 0.3 is 5.97 Å². The van der Waals surface area contributed by atoms with Crippen LogP contribution in [-0.2, 0) is 9.53 Å². The maximum Gasteiger partial charge on any atom is 0.338 e. The first-order valence-electron chi connectivity index (χ1n) is 11.6. The first-order chi connectivity index (χ1) is 17.7. The third kappa shape index (κ3) is 5.41. The number of ether oxygens (including phenoxy) is 3. The summed E-state index contributed by atoms with van der Waals surface area (Å²) in [6, 6.07) is 10.3. The van der Waals surface area contributed by atoms with Crippen molar-refractivity contribution in [3.05, 3.63) is 103 Å². The van der Waals surface area contributed by atoms with Crippen molar-refractivity contribution >= 4 is 23.4 Å². The summed E-state index contributed by atoms with van der Waals surface area (Å²) in [5, 5.41) is 0. The third-order valence-corrected chi connectivity index (χ3v) is 6.60. The fourth-order valence-corrected chi connectivity index (χ4v) is 5.05. The third-order valence-electron chi connectivity index (χ3n) is 5.61. The molecule has 0 N–H and O–H groups in total. The van der Waals surface area contributed by atoms with Crippen LogP contribution >= 0.6 is 11.3 Å². The number of hydrogen-bond donors (Lipinski definition) is 0. The highest BCUT2D eigenvalue weighted by Crippen LogP contribution is 2.36. The Bertz CT molecular complexity index is 1550. The number of benzene rings is 2. The normalized spacial score (nSPS) is 15.3. The highest BCUT2D eigenvalue weighted by molar-refractivity contribution is 7.07. The van der Waals surface area contributed by atoms with E-state index in [0.29, 0.717) is 44.3 Å². The van der Waals surface area contributed by atoms with Crippen molar-refractivity contribution in [2.45, 2.75) is 32.9 Å². The summed E-state index contributed by atoms with van der Waals surface area (Å²) in [6.07, 6.45) is 2.94. The molecule has 0 bridgehead atoms. The van der Waals surface area contributed by atoms with Crippen LogP contribution in [0.2, 0.25) is 0 Å². The molecular weight excluding hydrogens is 495 g/mol. The molecule has 192 valence electrons. The minimum atomic E-state index is -0.805. The number of carbonyl (C=O) groups is 1. The molecule has 37 heavy (non-hydrogen) atoms. The molecule has 1 aliphatic heterocycles. The van der Waals surface area contributed by atoms with E-state index in [4.69, 9.17) is 14.2 Å². The molecule has 2 heterocycles. The molecular formula is C28H27FN2O5S. The van der Waals surface area contributed by atoms with Crippen molar-refractivity contribution in [2.24, 2.45) is 4.99 Å². The van der Waals surface area contributed by atoms with E-state index in [1.54, 1.807) is 63.3 Å². The average molecular weight is 523 g/mol. The molecule has 0 saturated heterocycles. The lowest BCUT2D eigenvalue weighted by Gasteiger charge is -2.26. The van der Waals surface area contributed by atoms with Gasteiger partial charge in [-0.2, -0.15) is 0 Å². The number of rotatable bonds is 8. The number of hydrogen-bond acceptors (Lipinski definition) is 7. The lowest BCUT2D eigenvalue weighted by molar-refractivity contribution is -0.143. The predicted molar refractivity (Wildman–Crippen MR) is 140 cm³/mol. The zero-order chi connectivity index (χ0) is 26.7. The summed E-state index contributed by atoms with van der Waals surface area (Å²) >= 11 is 1.20. The second kappa shape index (κ2) is 11.0. The van der Waals surface area contributed by atoms with Gasteiger partial charge in [0.1, 0.15) is 12.4 Å². The molecule has 4 rings (SSSR count). The Kier molecular flexibility index (Phi) is 7.73. The van der Waals surface area contributed by atoms with Gasteiger partial charge in [0.25, 0.3) is 5.56 Å². The minimum absolute atomic E-state index is 0.260. The predicted octanol–water partition coefficient (Wildman–Crippen LogP) is 3.90. The zero-order valence-electron chi connectivity index (χ0n) is 21.0. The number of esters is 1. The Hall–Kier alpha value is -3.98. The number of methoxy groups -OCH3 is 1. The lowest BCUT2D eigenvalue weighted by Crippen LogP contribution is -2.40. The highest BCUT2D eigenvalue weighted by Gasteiger charge is 2.34. The summed E-state index contributed by atoms with van der Waals surface area (Å²) in [7, 11) is 1.52. The molecule has 0 aliphatic carbocycles. The Morgan fingerprint density at radius 2 is 1.95 bits per heavy atom. The molecule has 9 heteroatoms. The molecule has 0 spiro atoms. The van der Waals surface area contributed by atoms with Crippen molar-refractivity contribution in [3.63, 3.8) is 0 Å². The van der Waals surface area contributed by atoms with Crippen LogP contribution in [0.3, 0.4) is 0 Å². The second-order valence-electron chi connectivity index (χ2n) is 8.60. The molecule has 0 saturated carbocycles. The molecule has 1 atom stereocenters. The van der Waals surface area contributed by atoms with Gasteiger partial charge in [-0.25, -0.2) is 14.2 Å². The number of aromatic nitrogens is 1. The van der Waals surface area contributed by atoms with Gasteiger partial charge in [-0.1, -0.05) is 42.2 Å². The van der Waals surface area contributed by atoms with Crippen molar-refractivity contribution in [2.75, 3.05) is 13.7 Å². The first-order valence-corrected chi connectivity index (χ1v) is 12.5. The summed E-state index contributed by atoms with van der Waals surface area (Å²) in [4.78, 5) is 32.0. The van der Waals surface area contributed by atoms with E-state index >= 15 is 0 Å². The van der Waals surface area contributed by atoms with Gasteiger partial charge < -0.3 is 14.2 Å². The lowest BCUT2D eigenvalue weighted by atomic mass is 9.95. The Morgan fingerprint density at radius 1 is 1.22 bits per heavy atom. The summed E-state index contributed by atoms with van der Waals surface area (Å²) in [5.41, 5.74) is 1.69. The molecule has 7 nitrogen and oxygen atoms in total. The van der Waals surface area contributed by atoms with Gasteiger partial charge in [0.15, 0.2) is 16.3 Å². The van der Waals surface area contributed by atoms with Crippen LogP contribution < -0.4 is 24.4 Å². The molecule has 0 amide bonds. The molecule has 0 radical (unpaired) electrons. The number of carbonyl (C=O) groups excluding carboxylic acids is 1. The average Bonchev–Trinajstić information content (AvgIpc) is 3.16. The van der Waals surface area contributed by atoms with Crippen LogP contribution in [0.25, 0.3) is 6.08 Å². The van der Waals surface area contributed by atoms with E-state index < -0.39 is 12.0 Å². The van der Waals surface area contributed by atoms with Crippen molar-refractivity contribution < 1.29 is 23.4 Å². The van der Waals surface area contributed by atoms with E-state index in [0.717, 1.165) is 0 Å². The number of nitrogens with zero attached hydrogens (tertiary/aromatic N) is 2. The van der Waals surface area contributed by atoms with E-state index in [1.165, 1.54) is 35.1 Å². The minimum Gasteiger partial charge on any atom is -0.493 e.